The Morgan fingerprint density at radius 1 is 1.25 bits per heavy atom. The van der Waals surface area contributed by atoms with Crippen molar-refractivity contribution in [2.45, 2.75) is 32.2 Å². The van der Waals surface area contributed by atoms with E-state index in [2.05, 4.69) is 65.3 Å². The van der Waals surface area contributed by atoms with Gasteiger partial charge < -0.3 is 10.6 Å². The fourth-order valence-electron chi connectivity index (χ4n) is 2.58. The first-order valence-electron chi connectivity index (χ1n) is 7.11. The summed E-state index contributed by atoms with van der Waals surface area (Å²) in [4.78, 5) is 14.1. The Morgan fingerprint density at radius 2 is 1.95 bits per heavy atom. The minimum Gasteiger partial charge on any atom is -0.383 e. The van der Waals surface area contributed by atoms with Gasteiger partial charge in [0.15, 0.2) is 0 Å². The zero-order chi connectivity index (χ0) is 14.9. The number of nitrogens with two attached hydrogens (primary N) is 1. The molecule has 1 aliphatic rings. The third kappa shape index (κ3) is 3.40. The summed E-state index contributed by atoms with van der Waals surface area (Å²) in [6.07, 6.45) is 1.18. The number of nitrogens with zero attached hydrogens (tertiary/aromatic N) is 4. The Hall–Kier alpha value is -0.470. The van der Waals surface area contributed by atoms with E-state index in [0.717, 1.165) is 34.7 Å². The molecule has 2 rings (SSSR count). The van der Waals surface area contributed by atoms with Gasteiger partial charge in [-0.1, -0.05) is 13.8 Å². The van der Waals surface area contributed by atoms with E-state index in [1.54, 1.807) is 0 Å². The van der Waals surface area contributed by atoms with Crippen LogP contribution in [0.5, 0.6) is 0 Å². The van der Waals surface area contributed by atoms with Crippen LogP contribution in [0, 0.1) is 3.57 Å². The molecule has 2 N–H and O–H groups in total. The number of hydrogen-bond acceptors (Lipinski definition) is 5. The lowest BCUT2D eigenvalue weighted by Crippen LogP contribution is -2.32. The van der Waals surface area contributed by atoms with Crippen molar-refractivity contribution in [2.75, 3.05) is 39.5 Å². The molecule has 1 aromatic heterocycles. The van der Waals surface area contributed by atoms with Crippen LogP contribution in [0.15, 0.2) is 0 Å². The van der Waals surface area contributed by atoms with E-state index in [-0.39, 0.29) is 6.04 Å². The van der Waals surface area contributed by atoms with Crippen molar-refractivity contribution in [2.24, 2.45) is 0 Å². The Labute approximate surface area is 135 Å². The van der Waals surface area contributed by atoms with Crippen LogP contribution >= 0.6 is 22.6 Å². The largest absolute Gasteiger partial charge is 0.383 e. The predicted octanol–water partition coefficient (Wildman–Crippen LogP) is 2.10. The molecule has 1 aliphatic heterocycles. The molecule has 6 heteroatoms. The number of halogens is 1. The van der Waals surface area contributed by atoms with E-state index in [1.165, 1.54) is 6.42 Å². The van der Waals surface area contributed by atoms with Crippen molar-refractivity contribution in [3.63, 3.8) is 0 Å². The van der Waals surface area contributed by atoms with Gasteiger partial charge in [0.25, 0.3) is 0 Å². The molecule has 2 heterocycles. The summed E-state index contributed by atoms with van der Waals surface area (Å²) in [5, 5.41) is 0. The zero-order valence-corrected chi connectivity index (χ0v) is 14.9. The average Bonchev–Trinajstić information content (AvgIpc) is 2.54. The smallest absolute Gasteiger partial charge is 0.149 e. The lowest BCUT2D eigenvalue weighted by molar-refractivity contribution is 0.219. The number of rotatable bonds is 2. The Balaban J connectivity index is 2.40. The van der Waals surface area contributed by atoms with Crippen LogP contribution in [0.4, 0.5) is 5.82 Å². The second-order valence-electron chi connectivity index (χ2n) is 5.93. The maximum Gasteiger partial charge on any atom is 0.149 e. The van der Waals surface area contributed by atoms with Crippen LogP contribution in [0.2, 0.25) is 0 Å². The predicted molar refractivity (Wildman–Crippen MR) is 90.7 cm³/mol. The molecule has 5 nitrogen and oxygen atoms in total. The fraction of sp³-hybridized carbons (Fsp3) is 0.714. The molecule has 0 bridgehead atoms. The van der Waals surface area contributed by atoms with E-state index >= 15 is 0 Å². The van der Waals surface area contributed by atoms with Crippen molar-refractivity contribution < 1.29 is 0 Å². The maximum absolute atomic E-state index is 6.09. The topological polar surface area (TPSA) is 58.3 Å². The number of hydrogen-bond donors (Lipinski definition) is 1. The minimum atomic E-state index is 0.222. The molecule has 0 aromatic carbocycles. The fourth-order valence-corrected chi connectivity index (χ4v) is 3.45. The van der Waals surface area contributed by atoms with Gasteiger partial charge in [0, 0.05) is 6.54 Å². The highest BCUT2D eigenvalue weighted by molar-refractivity contribution is 14.1. The Morgan fingerprint density at radius 3 is 2.60 bits per heavy atom. The van der Waals surface area contributed by atoms with E-state index < -0.39 is 0 Å². The average molecular weight is 389 g/mol. The summed E-state index contributed by atoms with van der Waals surface area (Å²) in [5.41, 5.74) is 7.16. The van der Waals surface area contributed by atoms with Crippen LogP contribution in [0.25, 0.3) is 0 Å². The van der Waals surface area contributed by atoms with Crippen molar-refractivity contribution >= 4 is 28.4 Å². The first-order chi connectivity index (χ1) is 9.40. The molecular formula is C14H24IN5. The van der Waals surface area contributed by atoms with Gasteiger partial charge in [0.05, 0.1) is 15.3 Å². The summed E-state index contributed by atoms with van der Waals surface area (Å²) in [6.45, 7) is 7.44. The van der Waals surface area contributed by atoms with E-state index in [1.807, 2.05) is 0 Å². The van der Waals surface area contributed by atoms with Gasteiger partial charge in [-0.25, -0.2) is 9.97 Å². The monoisotopic (exact) mass is 389 g/mol. The quantitative estimate of drug-likeness (QED) is 0.786. The zero-order valence-electron chi connectivity index (χ0n) is 12.7. The second-order valence-corrected chi connectivity index (χ2v) is 7.01. The number of aromatic nitrogens is 2. The third-order valence-corrected chi connectivity index (χ3v) is 4.94. The first-order valence-corrected chi connectivity index (χ1v) is 8.19. The van der Waals surface area contributed by atoms with Crippen LogP contribution in [0.1, 0.15) is 43.7 Å². The molecule has 0 spiro atoms. The molecule has 0 amide bonds. The van der Waals surface area contributed by atoms with Crippen LogP contribution in [-0.4, -0.2) is 53.5 Å². The molecule has 0 radical (unpaired) electrons. The molecule has 1 unspecified atom stereocenters. The van der Waals surface area contributed by atoms with Gasteiger partial charge in [-0.3, -0.25) is 4.90 Å². The van der Waals surface area contributed by atoms with E-state index in [4.69, 9.17) is 10.7 Å². The Bertz CT molecular complexity index is 477. The minimum absolute atomic E-state index is 0.222. The SMILES string of the molecule is CC(C)c1nc(C2CN(C)CCCN2C)nc(N)c1I. The number of likely N-dealkylation sites (N-methyl/N-ethyl adjacent to an activating group) is 2. The highest BCUT2D eigenvalue weighted by Crippen LogP contribution is 2.27. The van der Waals surface area contributed by atoms with Gasteiger partial charge in [-0.15, -0.1) is 0 Å². The third-order valence-electron chi connectivity index (χ3n) is 3.83. The molecular weight excluding hydrogens is 365 g/mol. The van der Waals surface area contributed by atoms with Gasteiger partial charge >= 0.3 is 0 Å². The van der Waals surface area contributed by atoms with Crippen LogP contribution in [0.3, 0.4) is 0 Å². The standard InChI is InChI=1S/C14H24IN5/c1-9(2)12-11(15)13(16)18-14(17-12)10-8-19(3)6-5-7-20(10)4/h9-10H,5-8H2,1-4H3,(H2,16,17,18). The summed E-state index contributed by atoms with van der Waals surface area (Å²) < 4.78 is 0.992. The molecule has 1 atom stereocenters. The van der Waals surface area contributed by atoms with Crippen molar-refractivity contribution in [1.29, 1.82) is 0 Å². The van der Waals surface area contributed by atoms with Crippen molar-refractivity contribution in [3.8, 4) is 0 Å². The molecule has 0 aliphatic carbocycles. The Kier molecular flexibility index (Phi) is 5.19. The number of anilines is 1. The van der Waals surface area contributed by atoms with Crippen LogP contribution in [-0.2, 0) is 0 Å². The second kappa shape index (κ2) is 6.53. The van der Waals surface area contributed by atoms with Gasteiger partial charge in [-0.05, 0) is 62.1 Å². The molecule has 1 saturated heterocycles. The summed E-state index contributed by atoms with van der Waals surface area (Å²) >= 11 is 2.25. The highest BCUT2D eigenvalue weighted by atomic mass is 127. The lowest BCUT2D eigenvalue weighted by Gasteiger charge is -2.27. The molecule has 20 heavy (non-hydrogen) atoms. The van der Waals surface area contributed by atoms with Gasteiger partial charge in [-0.2, -0.15) is 0 Å². The van der Waals surface area contributed by atoms with E-state index in [0.29, 0.717) is 11.7 Å². The van der Waals surface area contributed by atoms with Gasteiger partial charge in [0.2, 0.25) is 0 Å². The summed E-state index contributed by atoms with van der Waals surface area (Å²) in [6, 6.07) is 0.222. The summed E-state index contributed by atoms with van der Waals surface area (Å²) in [7, 11) is 4.31. The molecule has 112 valence electrons. The molecule has 1 aromatic rings. The first kappa shape index (κ1) is 15.9. The van der Waals surface area contributed by atoms with Crippen LogP contribution < -0.4 is 5.73 Å². The summed E-state index contributed by atoms with van der Waals surface area (Å²) in [5.74, 6) is 1.84. The maximum atomic E-state index is 6.09. The normalized spacial score (nSPS) is 22.2. The highest BCUT2D eigenvalue weighted by Gasteiger charge is 2.26. The lowest BCUT2D eigenvalue weighted by atomic mass is 10.1. The molecule has 1 fully saturated rings. The molecule has 0 saturated carbocycles. The van der Waals surface area contributed by atoms with Crippen molar-refractivity contribution in [1.82, 2.24) is 19.8 Å². The van der Waals surface area contributed by atoms with E-state index in [9.17, 15) is 0 Å². The number of nitrogen functional groups attached to an aromatic ring is 1. The van der Waals surface area contributed by atoms with Gasteiger partial charge in [0.1, 0.15) is 11.6 Å². The van der Waals surface area contributed by atoms with Crippen molar-refractivity contribution in [3.05, 3.63) is 15.1 Å².